The van der Waals surface area contributed by atoms with E-state index in [0.717, 1.165) is 29.9 Å². The number of morpholine rings is 1. The van der Waals surface area contributed by atoms with E-state index in [-0.39, 0.29) is 5.91 Å². The number of nitriles is 1. The number of amides is 1. The van der Waals surface area contributed by atoms with Crippen molar-refractivity contribution in [3.63, 3.8) is 0 Å². The van der Waals surface area contributed by atoms with Gasteiger partial charge in [-0.1, -0.05) is 0 Å². The Kier molecular flexibility index (Phi) is 9.44. The highest BCUT2D eigenvalue weighted by atomic mass is 32.3. The number of carbonyl (C=O) groups is 1. The van der Waals surface area contributed by atoms with Crippen molar-refractivity contribution < 1.29 is 14.3 Å². The number of aromatic nitrogens is 2. The Balaban J connectivity index is 1.93. The number of rotatable bonds is 9. The number of hydrogen-bond donors (Lipinski definition) is 1. The predicted octanol–water partition coefficient (Wildman–Crippen LogP) is 4.63. The van der Waals surface area contributed by atoms with Crippen LogP contribution in [0.25, 0.3) is 5.57 Å². The maximum absolute atomic E-state index is 13.1. The number of thiocyanates is 1. The molecule has 37 heavy (non-hydrogen) atoms. The Hall–Kier alpha value is -3.68. The molecule has 3 heterocycles. The molecule has 0 bridgehead atoms. The summed E-state index contributed by atoms with van der Waals surface area (Å²) in [6.07, 6.45) is 8.84. The fourth-order valence-electron chi connectivity index (χ4n) is 3.67. The van der Waals surface area contributed by atoms with Crippen molar-refractivity contribution in [3.05, 3.63) is 53.5 Å². The van der Waals surface area contributed by atoms with Crippen LogP contribution in [0.4, 0.5) is 11.4 Å². The van der Waals surface area contributed by atoms with Gasteiger partial charge in [0, 0.05) is 53.6 Å². The number of hydrogen-bond acceptors (Lipinski definition) is 8. The van der Waals surface area contributed by atoms with Crippen LogP contribution in [-0.2, 0) is 9.53 Å². The van der Waals surface area contributed by atoms with Gasteiger partial charge in [-0.05, 0) is 64.3 Å². The Morgan fingerprint density at radius 2 is 2.05 bits per heavy atom. The van der Waals surface area contributed by atoms with Crippen molar-refractivity contribution in [2.24, 2.45) is 4.99 Å². The van der Waals surface area contributed by atoms with Crippen molar-refractivity contribution in [3.8, 4) is 11.3 Å². The first-order chi connectivity index (χ1) is 17.7. The van der Waals surface area contributed by atoms with Crippen LogP contribution in [0.3, 0.4) is 0 Å². The first kappa shape index (κ1) is 27.9. The lowest BCUT2D eigenvalue weighted by Gasteiger charge is -2.30. The number of allylic oxidation sites excluding steroid dienone is 3. The summed E-state index contributed by atoms with van der Waals surface area (Å²) in [4.78, 5) is 28.3. The first-order valence-corrected chi connectivity index (χ1v) is 14.4. The number of pyridine rings is 2. The standard InChI is InChI=1S/C27H34N6O3S/c1-7-36-27-24(33-10-12-35-13-11-33)15-21(17-31-27)23(20(3)29-4)14-19(2)26(34)32-22-8-9-30-25(16-22)37(5,6)18-28/h8-9,14-17H,4,7,10-13H2,1-3,5-6H3,(H,30,32,34)/b19-14+,23-20+. The van der Waals surface area contributed by atoms with Crippen LogP contribution in [-0.4, -0.2) is 68.0 Å². The molecule has 9 nitrogen and oxygen atoms in total. The van der Waals surface area contributed by atoms with Crippen LogP contribution in [0.2, 0.25) is 0 Å². The van der Waals surface area contributed by atoms with Crippen molar-refractivity contribution >= 4 is 39.6 Å². The van der Waals surface area contributed by atoms with Gasteiger partial charge in [-0.3, -0.25) is 14.8 Å². The molecule has 0 aliphatic carbocycles. The number of ether oxygens (including phenoxy) is 2. The topological polar surface area (TPSA) is 113 Å². The smallest absolute Gasteiger partial charge is 0.251 e. The molecule has 2 aromatic heterocycles. The molecule has 0 saturated carbocycles. The van der Waals surface area contributed by atoms with Gasteiger partial charge in [0.05, 0.1) is 24.8 Å². The predicted molar refractivity (Wildman–Crippen MR) is 151 cm³/mol. The molecule has 1 N–H and O–H groups in total. The molecule has 2 aromatic rings. The molecule has 10 heteroatoms. The van der Waals surface area contributed by atoms with Gasteiger partial charge in [0.15, 0.2) is 0 Å². The molecule has 1 aliphatic rings. The number of anilines is 2. The third-order valence-electron chi connectivity index (χ3n) is 5.87. The fourth-order valence-corrected chi connectivity index (χ4v) is 4.51. The lowest BCUT2D eigenvalue weighted by molar-refractivity contribution is -0.112. The largest absolute Gasteiger partial charge is 0.476 e. The zero-order chi connectivity index (χ0) is 27.0. The molecular weight excluding hydrogens is 488 g/mol. The lowest BCUT2D eigenvalue weighted by atomic mass is 10.0. The quantitative estimate of drug-likeness (QED) is 0.221. The zero-order valence-corrected chi connectivity index (χ0v) is 22.9. The second kappa shape index (κ2) is 12.5. The van der Waals surface area contributed by atoms with Gasteiger partial charge in [0.2, 0.25) is 5.88 Å². The molecule has 196 valence electrons. The Morgan fingerprint density at radius 1 is 1.32 bits per heavy atom. The van der Waals surface area contributed by atoms with Gasteiger partial charge in [-0.2, -0.15) is 5.26 Å². The lowest BCUT2D eigenvalue weighted by Crippen LogP contribution is -2.36. The molecule has 3 rings (SSSR count). The van der Waals surface area contributed by atoms with Gasteiger partial charge in [-0.15, -0.1) is 10.0 Å². The van der Waals surface area contributed by atoms with E-state index in [1.54, 1.807) is 37.5 Å². The van der Waals surface area contributed by atoms with Crippen LogP contribution in [0.5, 0.6) is 5.88 Å². The molecule has 0 radical (unpaired) electrons. The van der Waals surface area contributed by atoms with Crippen molar-refractivity contribution in [1.29, 1.82) is 5.26 Å². The third kappa shape index (κ3) is 6.96. The monoisotopic (exact) mass is 522 g/mol. The first-order valence-electron chi connectivity index (χ1n) is 11.9. The van der Waals surface area contributed by atoms with Crippen LogP contribution < -0.4 is 15.0 Å². The average Bonchev–Trinajstić information content (AvgIpc) is 2.92. The van der Waals surface area contributed by atoms with E-state index in [0.29, 0.717) is 47.7 Å². The van der Waals surface area contributed by atoms with E-state index >= 15 is 0 Å². The highest BCUT2D eigenvalue weighted by molar-refractivity contribution is 8.36. The molecule has 1 aliphatic heterocycles. The average molecular weight is 523 g/mol. The summed E-state index contributed by atoms with van der Waals surface area (Å²) in [5, 5.41) is 15.3. The van der Waals surface area contributed by atoms with E-state index in [2.05, 4.69) is 37.3 Å². The molecule has 0 unspecified atom stereocenters. The van der Waals surface area contributed by atoms with E-state index < -0.39 is 10.0 Å². The highest BCUT2D eigenvalue weighted by Crippen LogP contribution is 2.46. The number of aliphatic imine (C=N–C) groups is 1. The molecule has 1 saturated heterocycles. The van der Waals surface area contributed by atoms with Gasteiger partial charge < -0.3 is 19.7 Å². The number of nitrogens with one attached hydrogen (secondary N) is 1. The summed E-state index contributed by atoms with van der Waals surface area (Å²) in [6.45, 7) is 12.4. The fraction of sp³-hybridized carbons (Fsp3) is 0.370. The maximum Gasteiger partial charge on any atom is 0.251 e. The minimum absolute atomic E-state index is 0.274. The molecule has 0 spiro atoms. The molecule has 1 fully saturated rings. The third-order valence-corrected chi connectivity index (χ3v) is 7.59. The minimum Gasteiger partial charge on any atom is -0.476 e. The van der Waals surface area contributed by atoms with Gasteiger partial charge in [-0.25, -0.2) is 4.98 Å². The van der Waals surface area contributed by atoms with E-state index in [9.17, 15) is 10.1 Å². The Labute approximate surface area is 220 Å². The van der Waals surface area contributed by atoms with Crippen LogP contribution in [0.15, 0.2) is 58.0 Å². The summed E-state index contributed by atoms with van der Waals surface area (Å²) in [6, 6.07) is 5.47. The second-order valence-electron chi connectivity index (χ2n) is 8.82. The van der Waals surface area contributed by atoms with Gasteiger partial charge in [0.1, 0.15) is 11.1 Å². The summed E-state index contributed by atoms with van der Waals surface area (Å²) >= 11 is 0. The summed E-state index contributed by atoms with van der Waals surface area (Å²) in [5.41, 5.74) is 4.13. The summed E-state index contributed by atoms with van der Waals surface area (Å²) < 4.78 is 11.3. The summed E-state index contributed by atoms with van der Waals surface area (Å²) in [5.74, 6) is 0.287. The zero-order valence-electron chi connectivity index (χ0n) is 22.1. The maximum atomic E-state index is 13.1. The van der Waals surface area contributed by atoms with Crippen molar-refractivity contribution in [2.45, 2.75) is 25.8 Å². The van der Waals surface area contributed by atoms with E-state index in [4.69, 9.17) is 9.47 Å². The van der Waals surface area contributed by atoms with Crippen LogP contribution >= 0.6 is 10.0 Å². The normalized spacial score (nSPS) is 15.4. The van der Waals surface area contributed by atoms with Crippen LogP contribution in [0, 0.1) is 10.7 Å². The number of nitrogens with zero attached hydrogens (tertiary/aromatic N) is 5. The van der Waals surface area contributed by atoms with Crippen LogP contribution in [0.1, 0.15) is 26.3 Å². The number of carbonyl (C=O) groups excluding carboxylic acids is 1. The second-order valence-corrected chi connectivity index (χ2v) is 12.1. The minimum atomic E-state index is -1.69. The SMILES string of the molecule is C=N/C(C)=C(\C=C(/C)C(=O)Nc1ccnc(S(C)(C)C#N)c1)c1cnc(OCC)c(N2CCOCC2)c1. The van der Waals surface area contributed by atoms with E-state index in [1.165, 1.54) is 0 Å². The summed E-state index contributed by atoms with van der Waals surface area (Å²) in [7, 11) is -1.69. The van der Waals surface area contributed by atoms with Crippen molar-refractivity contribution in [2.75, 3.05) is 55.6 Å². The van der Waals surface area contributed by atoms with Gasteiger partial charge in [0.25, 0.3) is 5.91 Å². The molecule has 1 amide bonds. The molecule has 0 atom stereocenters. The molecular formula is C27H34N6O3S. The van der Waals surface area contributed by atoms with E-state index in [1.807, 2.05) is 32.4 Å². The van der Waals surface area contributed by atoms with Crippen molar-refractivity contribution in [1.82, 2.24) is 9.97 Å². The Bertz CT molecular complexity index is 1260. The van der Waals surface area contributed by atoms with Gasteiger partial charge >= 0.3 is 0 Å². The molecule has 0 aromatic carbocycles. The highest BCUT2D eigenvalue weighted by Gasteiger charge is 2.20. The Morgan fingerprint density at radius 3 is 2.70 bits per heavy atom.